The van der Waals surface area contributed by atoms with E-state index in [4.69, 9.17) is 10.5 Å². The predicted octanol–water partition coefficient (Wildman–Crippen LogP) is 1.99. The van der Waals surface area contributed by atoms with Crippen LogP contribution in [0, 0.1) is 13.8 Å². The minimum Gasteiger partial charge on any atom is -0.457 e. The lowest BCUT2D eigenvalue weighted by Gasteiger charge is -2.38. The van der Waals surface area contributed by atoms with E-state index in [1.54, 1.807) is 0 Å². The monoisotopic (exact) mass is 418 g/mol. The molecule has 0 radical (unpaired) electrons. The third-order valence-electron chi connectivity index (χ3n) is 6.11. The Morgan fingerprint density at radius 1 is 1.19 bits per heavy atom. The maximum Gasteiger partial charge on any atom is 0.338 e. The summed E-state index contributed by atoms with van der Waals surface area (Å²) in [6.45, 7) is 6.63. The molecule has 0 saturated carbocycles. The maximum absolute atomic E-state index is 11.9. The van der Waals surface area contributed by atoms with Crippen LogP contribution in [0.25, 0.3) is 5.69 Å². The number of hydrogen-bond donors (Lipinski definition) is 2. The van der Waals surface area contributed by atoms with Gasteiger partial charge in [0.05, 0.1) is 35.6 Å². The molecule has 3 N–H and O–H groups in total. The quantitative estimate of drug-likeness (QED) is 0.625. The van der Waals surface area contributed by atoms with Gasteiger partial charge < -0.3 is 15.0 Å². The third kappa shape index (κ3) is 3.85. The molecule has 8 nitrogen and oxygen atoms in total. The molecule has 2 atom stereocenters. The molecule has 0 bridgehead atoms. The minimum absolute atomic E-state index is 0.0770. The van der Waals surface area contributed by atoms with E-state index in [9.17, 15) is 4.79 Å². The number of nitrogens with two attached hydrogens (primary N) is 1. The Morgan fingerprint density at radius 2 is 2.06 bits per heavy atom. The summed E-state index contributed by atoms with van der Waals surface area (Å²) in [5.74, 6) is -0.237. The van der Waals surface area contributed by atoms with Crippen molar-refractivity contribution in [3.8, 4) is 5.69 Å². The van der Waals surface area contributed by atoms with Crippen LogP contribution >= 0.6 is 0 Å². The number of benzene rings is 1. The molecule has 2 aromatic heterocycles. The fourth-order valence-corrected chi connectivity index (χ4v) is 4.47. The number of piperazine rings is 1. The molecule has 1 saturated heterocycles. The summed E-state index contributed by atoms with van der Waals surface area (Å²) < 4.78 is 7.19. The average molecular weight is 419 g/mol. The number of fused-ring (bicyclic) bond motifs is 1. The Balaban J connectivity index is 1.33. The SMILES string of the molecule is Cc1ccc(-n2cnc(CN3C[C@@H](c4ccc5c(c4C)COC5=O)N[C@@H](N)C3)c2)cn1. The molecule has 0 aliphatic carbocycles. The summed E-state index contributed by atoms with van der Waals surface area (Å²) in [7, 11) is 0. The molecule has 160 valence electrons. The number of pyridine rings is 1. The lowest BCUT2D eigenvalue weighted by molar-refractivity contribution is 0.0535. The lowest BCUT2D eigenvalue weighted by Crippen LogP contribution is -2.56. The van der Waals surface area contributed by atoms with Crippen molar-refractivity contribution >= 4 is 5.97 Å². The molecular weight excluding hydrogens is 392 g/mol. The van der Waals surface area contributed by atoms with Crippen LogP contribution in [0.5, 0.6) is 0 Å². The van der Waals surface area contributed by atoms with Crippen molar-refractivity contribution in [2.45, 2.75) is 39.2 Å². The van der Waals surface area contributed by atoms with Gasteiger partial charge in [-0.15, -0.1) is 0 Å². The minimum atomic E-state index is -0.237. The Kier molecular flexibility index (Phi) is 5.05. The highest BCUT2D eigenvalue weighted by atomic mass is 16.5. The van der Waals surface area contributed by atoms with Crippen molar-refractivity contribution in [1.82, 2.24) is 24.8 Å². The second kappa shape index (κ2) is 7.88. The molecule has 2 aliphatic rings. The van der Waals surface area contributed by atoms with Crippen LogP contribution < -0.4 is 11.1 Å². The standard InChI is InChI=1S/C23H26N6O2/c1-14-3-4-17(7-25-14)29-9-16(26-13-29)8-28-10-21(27-22(24)11-28)18-5-6-19-20(15(18)2)12-31-23(19)30/h3-7,9,13,21-22,27H,8,10-12,24H2,1-2H3/t21-,22+/m0/s1. The molecule has 0 spiro atoms. The van der Waals surface area contributed by atoms with E-state index in [2.05, 4.69) is 27.1 Å². The van der Waals surface area contributed by atoms with Crippen LogP contribution in [0.2, 0.25) is 0 Å². The Hall–Kier alpha value is -3.07. The van der Waals surface area contributed by atoms with E-state index in [0.29, 0.717) is 18.7 Å². The van der Waals surface area contributed by atoms with Crippen LogP contribution in [0.3, 0.4) is 0 Å². The van der Waals surface area contributed by atoms with E-state index in [-0.39, 0.29) is 18.2 Å². The Morgan fingerprint density at radius 3 is 2.87 bits per heavy atom. The summed E-state index contributed by atoms with van der Waals surface area (Å²) in [6.07, 6.45) is 5.57. The first-order valence-electron chi connectivity index (χ1n) is 10.5. The molecule has 31 heavy (non-hydrogen) atoms. The predicted molar refractivity (Wildman–Crippen MR) is 116 cm³/mol. The van der Waals surface area contributed by atoms with Crippen LogP contribution in [0.1, 0.15) is 44.5 Å². The van der Waals surface area contributed by atoms with Crippen LogP contribution in [-0.2, 0) is 17.9 Å². The molecule has 1 fully saturated rings. The zero-order valence-corrected chi connectivity index (χ0v) is 17.7. The first kappa shape index (κ1) is 19.9. The normalized spacial score (nSPS) is 21.2. The van der Waals surface area contributed by atoms with Gasteiger partial charge in [0, 0.05) is 43.1 Å². The van der Waals surface area contributed by atoms with Crippen LogP contribution in [0.15, 0.2) is 43.0 Å². The molecule has 5 rings (SSSR count). The number of cyclic esters (lactones) is 1. The van der Waals surface area contributed by atoms with Gasteiger partial charge in [-0.05, 0) is 43.2 Å². The highest BCUT2D eigenvalue weighted by Crippen LogP contribution is 2.30. The highest BCUT2D eigenvalue weighted by Gasteiger charge is 2.30. The van der Waals surface area contributed by atoms with Crippen molar-refractivity contribution in [3.63, 3.8) is 0 Å². The number of nitrogens with zero attached hydrogens (tertiary/aromatic N) is 4. The van der Waals surface area contributed by atoms with Crippen LogP contribution in [0.4, 0.5) is 0 Å². The van der Waals surface area contributed by atoms with Crippen molar-refractivity contribution < 1.29 is 9.53 Å². The molecular formula is C23H26N6O2. The van der Waals surface area contributed by atoms with E-state index in [1.807, 2.05) is 54.5 Å². The summed E-state index contributed by atoms with van der Waals surface area (Å²) >= 11 is 0. The first-order valence-corrected chi connectivity index (χ1v) is 10.5. The average Bonchev–Trinajstić information content (AvgIpc) is 3.36. The van der Waals surface area contributed by atoms with Gasteiger partial charge in [-0.25, -0.2) is 9.78 Å². The molecule has 8 heteroatoms. The van der Waals surface area contributed by atoms with Crippen LogP contribution in [-0.4, -0.2) is 44.7 Å². The molecule has 2 aliphatic heterocycles. The molecule has 3 aromatic rings. The van der Waals surface area contributed by atoms with Gasteiger partial charge in [0.1, 0.15) is 6.61 Å². The van der Waals surface area contributed by atoms with Gasteiger partial charge >= 0.3 is 5.97 Å². The number of rotatable bonds is 4. The van der Waals surface area contributed by atoms with E-state index >= 15 is 0 Å². The number of hydrogen-bond acceptors (Lipinski definition) is 7. The third-order valence-corrected chi connectivity index (χ3v) is 6.11. The summed E-state index contributed by atoms with van der Waals surface area (Å²) in [5, 5.41) is 3.50. The van der Waals surface area contributed by atoms with Gasteiger partial charge in [0.25, 0.3) is 0 Å². The maximum atomic E-state index is 11.9. The number of nitrogens with one attached hydrogen (secondary N) is 1. The number of aromatic nitrogens is 3. The summed E-state index contributed by atoms with van der Waals surface area (Å²) in [4.78, 5) is 23.1. The van der Waals surface area contributed by atoms with Crippen molar-refractivity contribution in [2.75, 3.05) is 13.1 Å². The second-order valence-electron chi connectivity index (χ2n) is 8.33. The topological polar surface area (TPSA) is 98.3 Å². The number of imidazole rings is 1. The van der Waals surface area contributed by atoms with E-state index in [0.717, 1.165) is 46.9 Å². The lowest BCUT2D eigenvalue weighted by atomic mass is 9.93. The zero-order valence-electron chi connectivity index (χ0n) is 17.7. The van der Waals surface area contributed by atoms with Crippen molar-refractivity contribution in [2.24, 2.45) is 5.73 Å². The number of aryl methyl sites for hydroxylation is 1. The van der Waals surface area contributed by atoms with E-state index < -0.39 is 0 Å². The van der Waals surface area contributed by atoms with E-state index in [1.165, 1.54) is 0 Å². The Labute approximate surface area is 181 Å². The van der Waals surface area contributed by atoms with Gasteiger partial charge in [-0.3, -0.25) is 15.2 Å². The molecule has 0 amide bonds. The van der Waals surface area contributed by atoms with Gasteiger partial charge in [0.2, 0.25) is 0 Å². The number of esters is 1. The number of ether oxygens (including phenoxy) is 1. The second-order valence-corrected chi connectivity index (χ2v) is 8.33. The molecule has 1 aromatic carbocycles. The number of carbonyl (C=O) groups excluding carboxylic acids is 1. The Bertz CT molecular complexity index is 1120. The summed E-state index contributed by atoms with van der Waals surface area (Å²) in [6, 6.07) is 8.00. The summed E-state index contributed by atoms with van der Waals surface area (Å²) in [5.41, 5.74) is 13.2. The van der Waals surface area contributed by atoms with Crippen molar-refractivity contribution in [3.05, 3.63) is 76.6 Å². The smallest absolute Gasteiger partial charge is 0.338 e. The van der Waals surface area contributed by atoms with Gasteiger partial charge in [0.15, 0.2) is 0 Å². The van der Waals surface area contributed by atoms with Gasteiger partial charge in [-0.1, -0.05) is 6.07 Å². The zero-order chi connectivity index (χ0) is 21.5. The fraction of sp³-hybridized carbons (Fsp3) is 0.348. The number of carbonyl (C=O) groups is 1. The first-order chi connectivity index (χ1) is 15.0. The molecule has 4 heterocycles. The molecule has 0 unspecified atom stereocenters. The fourth-order valence-electron chi connectivity index (χ4n) is 4.47. The largest absolute Gasteiger partial charge is 0.457 e. The van der Waals surface area contributed by atoms with Crippen molar-refractivity contribution in [1.29, 1.82) is 0 Å². The highest BCUT2D eigenvalue weighted by molar-refractivity contribution is 5.94. The van der Waals surface area contributed by atoms with Gasteiger partial charge in [-0.2, -0.15) is 0 Å².